The first kappa shape index (κ1) is 11.3. The van der Waals surface area contributed by atoms with Gasteiger partial charge in [0.2, 0.25) is 5.88 Å². The van der Waals surface area contributed by atoms with Gasteiger partial charge >= 0.3 is 0 Å². The monoisotopic (exact) mass is 243 g/mol. The summed E-state index contributed by atoms with van der Waals surface area (Å²) < 4.78 is 5.28. The molecule has 0 radical (unpaired) electrons. The molecule has 18 heavy (non-hydrogen) atoms. The Bertz CT molecular complexity index is 550. The van der Waals surface area contributed by atoms with Gasteiger partial charge in [-0.25, -0.2) is 4.98 Å². The molecule has 1 aromatic heterocycles. The van der Waals surface area contributed by atoms with Gasteiger partial charge in [0.1, 0.15) is 0 Å². The molecule has 1 fully saturated rings. The molecule has 94 valence electrons. The Morgan fingerprint density at radius 2 is 2.06 bits per heavy atom. The number of aromatic nitrogens is 1. The van der Waals surface area contributed by atoms with E-state index in [2.05, 4.69) is 33.4 Å². The molecule has 1 aromatic carbocycles. The fourth-order valence-electron chi connectivity index (χ4n) is 2.42. The van der Waals surface area contributed by atoms with Gasteiger partial charge in [-0.2, -0.15) is 0 Å². The molecule has 1 N–H and O–H groups in total. The summed E-state index contributed by atoms with van der Waals surface area (Å²) in [6.45, 7) is 4.23. The van der Waals surface area contributed by atoms with Crippen LogP contribution in [0.3, 0.4) is 0 Å². The first-order valence-electron chi connectivity index (χ1n) is 6.27. The van der Waals surface area contributed by atoms with Crippen LogP contribution in [0.15, 0.2) is 30.5 Å². The zero-order valence-electron chi connectivity index (χ0n) is 10.5. The van der Waals surface area contributed by atoms with Gasteiger partial charge in [-0.1, -0.05) is 0 Å². The van der Waals surface area contributed by atoms with Crippen molar-refractivity contribution in [3.05, 3.63) is 30.5 Å². The van der Waals surface area contributed by atoms with Crippen LogP contribution in [0.5, 0.6) is 5.88 Å². The molecule has 0 atom stereocenters. The van der Waals surface area contributed by atoms with E-state index < -0.39 is 0 Å². The molecule has 2 aromatic rings. The maximum Gasteiger partial charge on any atom is 0.221 e. The highest BCUT2D eigenvalue weighted by Crippen LogP contribution is 2.27. The molecule has 0 unspecified atom stereocenters. The van der Waals surface area contributed by atoms with Gasteiger partial charge in [0.25, 0.3) is 0 Å². The van der Waals surface area contributed by atoms with Gasteiger partial charge in [-0.3, -0.25) is 0 Å². The average molecular weight is 243 g/mol. The Kier molecular flexibility index (Phi) is 3.02. The van der Waals surface area contributed by atoms with E-state index in [0.29, 0.717) is 5.88 Å². The number of benzene rings is 1. The lowest BCUT2D eigenvalue weighted by Crippen LogP contribution is -2.43. The van der Waals surface area contributed by atoms with Crippen LogP contribution in [0.25, 0.3) is 10.8 Å². The van der Waals surface area contributed by atoms with E-state index >= 15 is 0 Å². The number of hydrogen-bond donors (Lipinski definition) is 1. The van der Waals surface area contributed by atoms with Crippen molar-refractivity contribution in [1.82, 2.24) is 10.3 Å². The van der Waals surface area contributed by atoms with Crippen LogP contribution in [-0.4, -0.2) is 38.3 Å². The smallest absolute Gasteiger partial charge is 0.221 e. The van der Waals surface area contributed by atoms with Crippen molar-refractivity contribution >= 4 is 16.5 Å². The number of pyridine rings is 1. The minimum Gasteiger partial charge on any atom is -0.481 e. The van der Waals surface area contributed by atoms with E-state index in [0.717, 1.165) is 31.6 Å². The van der Waals surface area contributed by atoms with Crippen LogP contribution < -0.4 is 15.0 Å². The minimum absolute atomic E-state index is 0.694. The maximum absolute atomic E-state index is 5.28. The Labute approximate surface area is 107 Å². The van der Waals surface area contributed by atoms with E-state index in [1.54, 1.807) is 13.3 Å². The van der Waals surface area contributed by atoms with E-state index in [4.69, 9.17) is 4.74 Å². The minimum atomic E-state index is 0.694. The fourth-order valence-corrected chi connectivity index (χ4v) is 2.42. The van der Waals surface area contributed by atoms with E-state index in [9.17, 15) is 0 Å². The summed E-state index contributed by atoms with van der Waals surface area (Å²) in [5.74, 6) is 0.694. The second-order valence-electron chi connectivity index (χ2n) is 4.46. The molecule has 0 amide bonds. The van der Waals surface area contributed by atoms with Crippen molar-refractivity contribution in [1.29, 1.82) is 0 Å². The van der Waals surface area contributed by atoms with Gasteiger partial charge in [0, 0.05) is 43.4 Å². The van der Waals surface area contributed by atoms with E-state index in [1.807, 2.05) is 6.07 Å². The molecule has 4 heteroatoms. The van der Waals surface area contributed by atoms with Gasteiger partial charge in [-0.15, -0.1) is 0 Å². The molecule has 1 aliphatic heterocycles. The topological polar surface area (TPSA) is 37.4 Å². The predicted octanol–water partition coefficient (Wildman–Crippen LogP) is 1.65. The molecule has 3 rings (SSSR count). The number of fused-ring (bicyclic) bond motifs is 1. The van der Waals surface area contributed by atoms with Crippen molar-refractivity contribution in [2.75, 3.05) is 38.2 Å². The van der Waals surface area contributed by atoms with Gasteiger partial charge < -0.3 is 15.0 Å². The number of nitrogens with one attached hydrogen (secondary N) is 1. The molecule has 0 bridgehead atoms. The quantitative estimate of drug-likeness (QED) is 0.870. The zero-order chi connectivity index (χ0) is 12.4. The predicted molar refractivity (Wildman–Crippen MR) is 73.4 cm³/mol. The normalized spacial score (nSPS) is 15.9. The van der Waals surface area contributed by atoms with Gasteiger partial charge in [0.05, 0.1) is 7.11 Å². The van der Waals surface area contributed by atoms with E-state index in [-0.39, 0.29) is 0 Å². The number of rotatable bonds is 2. The highest BCUT2D eigenvalue weighted by molar-refractivity contribution is 5.89. The summed E-state index contributed by atoms with van der Waals surface area (Å²) in [6, 6.07) is 8.49. The lowest BCUT2D eigenvalue weighted by molar-refractivity contribution is 0.403. The third-order valence-electron chi connectivity index (χ3n) is 3.39. The first-order valence-corrected chi connectivity index (χ1v) is 6.27. The maximum atomic E-state index is 5.28. The van der Waals surface area contributed by atoms with Crippen LogP contribution in [-0.2, 0) is 0 Å². The molecular formula is C14H17N3O. The summed E-state index contributed by atoms with van der Waals surface area (Å²) in [5.41, 5.74) is 1.28. The number of nitrogens with zero attached hydrogens (tertiary/aromatic N) is 2. The molecular weight excluding hydrogens is 226 g/mol. The Morgan fingerprint density at radius 1 is 1.22 bits per heavy atom. The molecule has 0 saturated carbocycles. The fraction of sp³-hybridized carbons (Fsp3) is 0.357. The Hall–Kier alpha value is -1.81. The summed E-state index contributed by atoms with van der Waals surface area (Å²) in [5, 5.41) is 5.62. The summed E-state index contributed by atoms with van der Waals surface area (Å²) >= 11 is 0. The average Bonchev–Trinajstić information content (AvgIpc) is 2.47. The number of ether oxygens (including phenoxy) is 1. The van der Waals surface area contributed by atoms with Crippen molar-refractivity contribution in [3.63, 3.8) is 0 Å². The third kappa shape index (κ3) is 1.99. The van der Waals surface area contributed by atoms with Crippen LogP contribution in [0.1, 0.15) is 0 Å². The van der Waals surface area contributed by atoms with Gasteiger partial charge in [-0.05, 0) is 29.7 Å². The summed E-state index contributed by atoms with van der Waals surface area (Å²) in [7, 11) is 1.66. The van der Waals surface area contributed by atoms with Crippen molar-refractivity contribution < 1.29 is 4.74 Å². The number of hydrogen-bond acceptors (Lipinski definition) is 4. The third-order valence-corrected chi connectivity index (χ3v) is 3.39. The van der Waals surface area contributed by atoms with E-state index in [1.165, 1.54) is 11.1 Å². The van der Waals surface area contributed by atoms with Crippen LogP contribution in [0.2, 0.25) is 0 Å². The van der Waals surface area contributed by atoms with Crippen LogP contribution >= 0.6 is 0 Å². The largest absolute Gasteiger partial charge is 0.481 e. The van der Waals surface area contributed by atoms with Gasteiger partial charge in [0.15, 0.2) is 0 Å². The SMILES string of the molecule is COc1nccc2cc(N3CCNCC3)ccc12. The highest BCUT2D eigenvalue weighted by Gasteiger charge is 2.11. The molecule has 1 saturated heterocycles. The van der Waals surface area contributed by atoms with Crippen LogP contribution in [0, 0.1) is 0 Å². The number of anilines is 1. The highest BCUT2D eigenvalue weighted by atomic mass is 16.5. The lowest BCUT2D eigenvalue weighted by atomic mass is 10.1. The molecule has 0 spiro atoms. The summed E-state index contributed by atoms with van der Waals surface area (Å²) in [6.07, 6.45) is 1.79. The Morgan fingerprint density at radius 3 is 2.83 bits per heavy atom. The Balaban J connectivity index is 2.00. The molecule has 1 aliphatic rings. The second-order valence-corrected chi connectivity index (χ2v) is 4.46. The molecule has 4 nitrogen and oxygen atoms in total. The van der Waals surface area contributed by atoms with Crippen molar-refractivity contribution in [2.45, 2.75) is 0 Å². The van der Waals surface area contributed by atoms with Crippen molar-refractivity contribution in [3.8, 4) is 5.88 Å². The van der Waals surface area contributed by atoms with Crippen molar-refractivity contribution in [2.24, 2.45) is 0 Å². The molecule has 0 aliphatic carbocycles. The first-order chi connectivity index (χ1) is 8.88. The lowest BCUT2D eigenvalue weighted by Gasteiger charge is -2.29. The number of piperazine rings is 1. The summed E-state index contributed by atoms with van der Waals surface area (Å²) in [4.78, 5) is 6.63. The zero-order valence-corrected chi connectivity index (χ0v) is 10.5. The number of methoxy groups -OCH3 is 1. The molecule has 2 heterocycles. The van der Waals surface area contributed by atoms with Crippen LogP contribution in [0.4, 0.5) is 5.69 Å². The standard InChI is InChI=1S/C14H17N3O/c1-18-14-13-3-2-12(10-11(13)4-5-16-14)17-8-6-15-7-9-17/h2-5,10,15H,6-9H2,1H3. The second kappa shape index (κ2) is 4.82.